The molecule has 0 spiro atoms. The molecule has 0 atom stereocenters. The number of hydrogen-bond donors (Lipinski definition) is 1. The summed E-state index contributed by atoms with van der Waals surface area (Å²) in [4.78, 5) is 37.9. The zero-order valence-electron chi connectivity index (χ0n) is 16.2. The number of carbonyl (C=O) groups excluding carboxylic acids is 3. The molecule has 0 aromatic heterocycles. The molecule has 1 N–H and O–H groups in total. The molecule has 8 nitrogen and oxygen atoms in total. The van der Waals surface area contributed by atoms with Crippen LogP contribution in [0.25, 0.3) is 6.08 Å². The van der Waals surface area contributed by atoms with Crippen LogP contribution in [0.4, 0.5) is 5.69 Å². The number of hydrogen-bond acceptors (Lipinski definition) is 7. The molecule has 0 unspecified atom stereocenters. The zero-order valence-corrected chi connectivity index (χ0v) is 17.0. The second-order valence-electron chi connectivity index (χ2n) is 6.07. The molecule has 9 heteroatoms. The van der Waals surface area contributed by atoms with Gasteiger partial charge in [-0.1, -0.05) is 24.3 Å². The third-order valence-corrected chi connectivity index (χ3v) is 4.47. The lowest BCUT2D eigenvalue weighted by Crippen LogP contribution is -2.54. The number of amides is 2. The molecule has 1 fully saturated rings. The first-order valence-electron chi connectivity index (χ1n) is 8.78. The number of benzene rings is 2. The van der Waals surface area contributed by atoms with E-state index in [1.165, 1.54) is 25.2 Å². The minimum absolute atomic E-state index is 0.0116. The van der Waals surface area contributed by atoms with Crippen LogP contribution >= 0.6 is 12.2 Å². The first-order valence-corrected chi connectivity index (χ1v) is 9.19. The summed E-state index contributed by atoms with van der Waals surface area (Å²) >= 11 is 5.17. The summed E-state index contributed by atoms with van der Waals surface area (Å²) < 4.78 is 15.2. The van der Waals surface area contributed by atoms with E-state index in [-0.39, 0.29) is 17.3 Å². The van der Waals surface area contributed by atoms with Gasteiger partial charge in [0.1, 0.15) is 5.57 Å². The highest BCUT2D eigenvalue weighted by Gasteiger charge is 2.34. The van der Waals surface area contributed by atoms with E-state index < -0.39 is 17.8 Å². The van der Waals surface area contributed by atoms with Crippen LogP contribution in [0.2, 0.25) is 0 Å². The average molecular weight is 426 g/mol. The molecular formula is C21H18N2O6S. The SMILES string of the molecule is COC(=O)COc1ccc(/C=C2\C(=O)NC(=S)N(c3ccccc3)C2=O)cc1OC. The van der Waals surface area contributed by atoms with E-state index in [2.05, 4.69) is 10.1 Å². The Kier molecular flexibility index (Phi) is 6.43. The molecule has 1 aliphatic rings. The number of ether oxygens (including phenoxy) is 3. The summed E-state index contributed by atoms with van der Waals surface area (Å²) in [6.45, 7) is -0.280. The van der Waals surface area contributed by atoms with Gasteiger partial charge < -0.3 is 14.2 Å². The smallest absolute Gasteiger partial charge is 0.343 e. The molecule has 30 heavy (non-hydrogen) atoms. The molecule has 2 aromatic carbocycles. The van der Waals surface area contributed by atoms with Gasteiger partial charge in [0.05, 0.1) is 19.9 Å². The van der Waals surface area contributed by atoms with Crippen LogP contribution < -0.4 is 19.7 Å². The van der Waals surface area contributed by atoms with Crippen molar-refractivity contribution in [3.8, 4) is 11.5 Å². The molecule has 2 amide bonds. The molecule has 0 saturated carbocycles. The predicted octanol–water partition coefficient (Wildman–Crippen LogP) is 2.08. The number of anilines is 1. The maximum Gasteiger partial charge on any atom is 0.343 e. The van der Waals surface area contributed by atoms with E-state index >= 15 is 0 Å². The van der Waals surface area contributed by atoms with E-state index in [1.807, 2.05) is 6.07 Å². The van der Waals surface area contributed by atoms with E-state index in [4.69, 9.17) is 21.7 Å². The van der Waals surface area contributed by atoms with Crippen LogP contribution in [0.5, 0.6) is 11.5 Å². The van der Waals surface area contributed by atoms with Crippen LogP contribution in [-0.2, 0) is 19.1 Å². The Balaban J connectivity index is 1.90. The van der Waals surface area contributed by atoms with Crippen LogP contribution in [-0.4, -0.2) is 43.7 Å². The lowest BCUT2D eigenvalue weighted by Gasteiger charge is -2.28. The van der Waals surface area contributed by atoms with Crippen molar-refractivity contribution in [3.63, 3.8) is 0 Å². The highest BCUT2D eigenvalue weighted by atomic mass is 32.1. The monoisotopic (exact) mass is 426 g/mol. The molecule has 0 aliphatic carbocycles. The maximum absolute atomic E-state index is 13.0. The Bertz CT molecular complexity index is 1040. The fourth-order valence-electron chi connectivity index (χ4n) is 2.72. The van der Waals surface area contributed by atoms with Crippen molar-refractivity contribution in [3.05, 3.63) is 59.7 Å². The molecule has 1 aliphatic heterocycles. The Morgan fingerprint density at radius 2 is 1.83 bits per heavy atom. The number of rotatable bonds is 6. The molecule has 2 aromatic rings. The minimum atomic E-state index is -0.595. The third-order valence-electron chi connectivity index (χ3n) is 4.19. The van der Waals surface area contributed by atoms with Crippen LogP contribution in [0.15, 0.2) is 54.1 Å². The summed E-state index contributed by atoms with van der Waals surface area (Å²) in [5, 5.41) is 2.54. The molecule has 3 rings (SSSR count). The van der Waals surface area contributed by atoms with Gasteiger partial charge >= 0.3 is 5.97 Å². The number of nitrogens with zero attached hydrogens (tertiary/aromatic N) is 1. The topological polar surface area (TPSA) is 94.2 Å². The van der Waals surface area contributed by atoms with Crippen molar-refractivity contribution in [2.24, 2.45) is 0 Å². The van der Waals surface area contributed by atoms with Gasteiger partial charge in [0.2, 0.25) is 0 Å². The van der Waals surface area contributed by atoms with Gasteiger partial charge in [-0.15, -0.1) is 0 Å². The zero-order chi connectivity index (χ0) is 21.7. The second-order valence-corrected chi connectivity index (χ2v) is 6.46. The Labute approximate surface area is 178 Å². The first-order chi connectivity index (χ1) is 14.4. The van der Waals surface area contributed by atoms with Crippen LogP contribution in [0.3, 0.4) is 0 Å². The summed E-state index contributed by atoms with van der Waals surface area (Å²) in [6.07, 6.45) is 1.43. The van der Waals surface area contributed by atoms with E-state index in [0.29, 0.717) is 22.7 Å². The number of carbonyl (C=O) groups is 3. The van der Waals surface area contributed by atoms with Gasteiger partial charge in [0.25, 0.3) is 11.8 Å². The number of nitrogens with one attached hydrogen (secondary N) is 1. The molecule has 1 saturated heterocycles. The van der Waals surface area contributed by atoms with Crippen molar-refractivity contribution in [1.29, 1.82) is 0 Å². The largest absolute Gasteiger partial charge is 0.493 e. The standard InChI is InChI=1S/C21H18N2O6S/c1-27-17-11-13(8-9-16(17)29-12-18(24)28-2)10-15-19(25)22-21(30)23(20(15)26)14-6-4-3-5-7-14/h3-11H,12H2,1-2H3,(H,22,25,30)/b15-10+. The molecule has 0 radical (unpaired) electrons. The van der Waals surface area contributed by atoms with Crippen molar-refractivity contribution < 1.29 is 28.6 Å². The van der Waals surface area contributed by atoms with E-state index in [1.54, 1.807) is 42.5 Å². The second kappa shape index (κ2) is 9.19. The van der Waals surface area contributed by atoms with Gasteiger partial charge in [0, 0.05) is 0 Å². The normalized spacial score (nSPS) is 15.1. The average Bonchev–Trinajstić information content (AvgIpc) is 2.75. The summed E-state index contributed by atoms with van der Waals surface area (Å²) in [6, 6.07) is 13.6. The van der Waals surface area contributed by atoms with Gasteiger partial charge in [-0.2, -0.15) is 0 Å². The fraction of sp³-hybridized carbons (Fsp3) is 0.143. The van der Waals surface area contributed by atoms with Gasteiger partial charge in [-0.3, -0.25) is 19.8 Å². The number of para-hydroxylation sites is 1. The molecule has 1 heterocycles. The van der Waals surface area contributed by atoms with Crippen molar-refractivity contribution >= 4 is 46.9 Å². The predicted molar refractivity (Wildman–Crippen MR) is 113 cm³/mol. The highest BCUT2D eigenvalue weighted by molar-refractivity contribution is 7.80. The quantitative estimate of drug-likeness (QED) is 0.327. The number of esters is 1. The summed E-state index contributed by atoms with van der Waals surface area (Å²) in [7, 11) is 2.69. The Hall–Kier alpha value is -3.72. The van der Waals surface area contributed by atoms with Crippen LogP contribution in [0.1, 0.15) is 5.56 Å². The van der Waals surface area contributed by atoms with E-state index in [0.717, 1.165) is 0 Å². The maximum atomic E-state index is 13.0. The lowest BCUT2D eigenvalue weighted by atomic mass is 10.1. The van der Waals surface area contributed by atoms with Crippen molar-refractivity contribution in [2.45, 2.75) is 0 Å². The molecule has 154 valence electrons. The fourth-order valence-corrected chi connectivity index (χ4v) is 3.01. The molecular weight excluding hydrogens is 408 g/mol. The van der Waals surface area contributed by atoms with E-state index in [9.17, 15) is 14.4 Å². The van der Waals surface area contributed by atoms with Gasteiger partial charge in [0.15, 0.2) is 23.2 Å². The summed E-state index contributed by atoms with van der Waals surface area (Å²) in [5.74, 6) is -1.03. The molecule has 0 bridgehead atoms. The van der Waals surface area contributed by atoms with Crippen LogP contribution in [0, 0.1) is 0 Å². The van der Waals surface area contributed by atoms with Crippen molar-refractivity contribution in [2.75, 3.05) is 25.7 Å². The third kappa shape index (κ3) is 4.47. The highest BCUT2D eigenvalue weighted by Crippen LogP contribution is 2.30. The van der Waals surface area contributed by atoms with Gasteiger partial charge in [-0.05, 0) is 48.1 Å². The Morgan fingerprint density at radius 1 is 1.10 bits per heavy atom. The van der Waals surface area contributed by atoms with Crippen molar-refractivity contribution in [1.82, 2.24) is 5.32 Å². The number of methoxy groups -OCH3 is 2. The van der Waals surface area contributed by atoms with Gasteiger partial charge in [-0.25, -0.2) is 4.79 Å². The minimum Gasteiger partial charge on any atom is -0.493 e. The number of thiocarbonyl (C=S) groups is 1. The lowest BCUT2D eigenvalue weighted by molar-refractivity contribution is -0.143. The first kappa shape index (κ1) is 21.0. The summed E-state index contributed by atoms with van der Waals surface area (Å²) in [5.41, 5.74) is 0.983. The Morgan fingerprint density at radius 3 is 2.50 bits per heavy atom.